The molecule has 2 saturated heterocycles. The van der Waals surface area contributed by atoms with E-state index >= 15 is 0 Å². The van der Waals surface area contributed by atoms with Crippen LogP contribution in [0.15, 0.2) is 11.1 Å². The Morgan fingerprint density at radius 2 is 1.90 bits per heavy atom. The van der Waals surface area contributed by atoms with Crippen LogP contribution in [0.3, 0.4) is 0 Å². The highest BCUT2D eigenvalue weighted by Gasteiger charge is 2.59. The number of ether oxygens (including phenoxy) is 1. The van der Waals surface area contributed by atoms with Gasteiger partial charge in [-0.15, -0.1) is 0 Å². The minimum atomic E-state index is 0.103. The Balaban J connectivity index is 1.29. The molecule has 3 heteroatoms. The highest BCUT2D eigenvalue weighted by Crippen LogP contribution is 2.65. The van der Waals surface area contributed by atoms with Gasteiger partial charge in [0.05, 0.1) is 17.7 Å². The Kier molecular flexibility index (Phi) is 5.44. The SMILES string of the molecule is CC1=C2C[C@H]3[C@@H](CC[C@@H]4CCCC[C@@]43C)[C@@H]2CC[C@@]2(C1)O[C@@H]1C[C@H](C)CN(I)[C@H]1[C@H]2C. The third-order valence-corrected chi connectivity index (χ3v) is 12.6. The Bertz CT molecular complexity index is 764. The van der Waals surface area contributed by atoms with Gasteiger partial charge in [0.25, 0.3) is 0 Å². The van der Waals surface area contributed by atoms with Crippen LogP contribution in [0.4, 0.5) is 0 Å². The third kappa shape index (κ3) is 3.21. The van der Waals surface area contributed by atoms with Crippen molar-refractivity contribution in [3.8, 4) is 0 Å². The smallest absolute Gasteiger partial charge is 0.0765 e. The molecule has 3 saturated carbocycles. The van der Waals surface area contributed by atoms with Gasteiger partial charge >= 0.3 is 0 Å². The Morgan fingerprint density at radius 1 is 1.06 bits per heavy atom. The lowest BCUT2D eigenvalue weighted by molar-refractivity contribution is -0.0762. The van der Waals surface area contributed by atoms with Crippen molar-refractivity contribution in [1.29, 1.82) is 0 Å². The van der Waals surface area contributed by atoms with Gasteiger partial charge < -0.3 is 4.74 Å². The summed E-state index contributed by atoms with van der Waals surface area (Å²) in [5.74, 6) is 5.26. The molecule has 2 nitrogen and oxygen atoms in total. The van der Waals surface area contributed by atoms with E-state index in [1.54, 1.807) is 5.57 Å². The summed E-state index contributed by atoms with van der Waals surface area (Å²) >= 11 is 2.61. The van der Waals surface area contributed by atoms with Crippen LogP contribution in [0.5, 0.6) is 0 Å². The maximum absolute atomic E-state index is 7.12. The number of halogens is 1. The van der Waals surface area contributed by atoms with Crippen LogP contribution in [-0.4, -0.2) is 27.4 Å². The Morgan fingerprint density at radius 3 is 2.74 bits per heavy atom. The molecular weight excluding hydrogens is 493 g/mol. The number of hydrogen-bond acceptors (Lipinski definition) is 2. The average Bonchev–Trinajstić information content (AvgIpc) is 3.18. The van der Waals surface area contributed by atoms with Gasteiger partial charge in [0.2, 0.25) is 0 Å². The van der Waals surface area contributed by atoms with E-state index in [0.29, 0.717) is 23.5 Å². The number of allylic oxidation sites excluding steroid dienone is 1. The topological polar surface area (TPSA) is 12.5 Å². The highest BCUT2D eigenvalue weighted by molar-refractivity contribution is 14.1. The number of rotatable bonds is 0. The van der Waals surface area contributed by atoms with E-state index in [1.165, 1.54) is 77.2 Å². The second kappa shape index (κ2) is 7.70. The maximum atomic E-state index is 7.12. The minimum absolute atomic E-state index is 0.103. The Labute approximate surface area is 204 Å². The first-order valence-corrected chi connectivity index (χ1v) is 14.6. The predicted octanol–water partition coefficient (Wildman–Crippen LogP) is 7.56. The van der Waals surface area contributed by atoms with E-state index in [0.717, 1.165) is 29.6 Å². The molecule has 5 fully saturated rings. The molecule has 0 unspecified atom stereocenters. The first-order valence-electron chi connectivity index (χ1n) is 13.6. The van der Waals surface area contributed by atoms with Gasteiger partial charge in [0.15, 0.2) is 0 Å². The number of nitrogens with zero attached hydrogens (tertiary/aromatic N) is 1. The first kappa shape index (κ1) is 21.9. The van der Waals surface area contributed by atoms with Crippen LogP contribution in [0.2, 0.25) is 0 Å². The quantitative estimate of drug-likeness (QED) is 0.180. The van der Waals surface area contributed by atoms with E-state index in [-0.39, 0.29) is 5.60 Å². The number of fused-ring (bicyclic) bond motifs is 6. The van der Waals surface area contributed by atoms with Crippen LogP contribution in [0.1, 0.15) is 98.3 Å². The summed E-state index contributed by atoms with van der Waals surface area (Å²) < 4.78 is 9.74. The Hall–Kier alpha value is 0.390. The molecule has 0 bridgehead atoms. The lowest BCUT2D eigenvalue weighted by Crippen LogP contribution is -2.47. The predicted molar refractivity (Wildman–Crippen MR) is 136 cm³/mol. The summed E-state index contributed by atoms with van der Waals surface area (Å²) in [6.07, 6.45) is 16.1. The van der Waals surface area contributed by atoms with E-state index in [9.17, 15) is 0 Å². The standard InChI is InChI=1S/C28H44INO/c1-17-13-25-26(30(29)16-17)19(3)28(31-25)12-10-21-22-9-8-20-7-5-6-11-27(20,4)24(22)14-23(21)18(2)15-28/h17,19-22,24-26H,5-16H2,1-4H3/t17-,19+,20-,21-,22-,24-,25+,26-,27-,28-/m0/s1. The first-order chi connectivity index (χ1) is 14.8. The molecule has 0 aromatic carbocycles. The highest BCUT2D eigenvalue weighted by atomic mass is 127. The lowest BCUT2D eigenvalue weighted by atomic mass is 9.52. The summed E-state index contributed by atoms with van der Waals surface area (Å²) in [7, 11) is 0. The monoisotopic (exact) mass is 537 g/mol. The van der Waals surface area contributed by atoms with E-state index in [1.807, 2.05) is 5.57 Å². The minimum Gasteiger partial charge on any atom is -0.369 e. The van der Waals surface area contributed by atoms with Crippen LogP contribution in [0.25, 0.3) is 0 Å². The van der Waals surface area contributed by atoms with Crippen molar-refractivity contribution in [1.82, 2.24) is 3.11 Å². The molecule has 10 atom stereocenters. The average molecular weight is 538 g/mol. The number of hydrogen-bond donors (Lipinski definition) is 0. The normalized spacial score (nSPS) is 54.9. The fourth-order valence-electron chi connectivity index (χ4n) is 10.0. The van der Waals surface area contributed by atoms with Crippen LogP contribution in [0, 0.1) is 40.9 Å². The van der Waals surface area contributed by atoms with E-state index in [2.05, 4.69) is 53.7 Å². The van der Waals surface area contributed by atoms with Gasteiger partial charge in [0, 0.05) is 35.3 Å². The third-order valence-electron chi connectivity index (χ3n) is 11.6. The van der Waals surface area contributed by atoms with Gasteiger partial charge in [-0.2, -0.15) is 0 Å². The van der Waals surface area contributed by atoms with Crippen molar-refractivity contribution in [3.63, 3.8) is 0 Å². The zero-order valence-electron chi connectivity index (χ0n) is 20.3. The zero-order chi connectivity index (χ0) is 21.5. The molecule has 174 valence electrons. The van der Waals surface area contributed by atoms with Gasteiger partial charge in [-0.25, -0.2) is 3.11 Å². The van der Waals surface area contributed by atoms with Crippen molar-refractivity contribution in [3.05, 3.63) is 11.1 Å². The maximum Gasteiger partial charge on any atom is 0.0765 e. The van der Waals surface area contributed by atoms with Crippen molar-refractivity contribution in [2.45, 2.75) is 116 Å². The fraction of sp³-hybridized carbons (Fsp3) is 0.929. The van der Waals surface area contributed by atoms with Crippen LogP contribution in [-0.2, 0) is 4.74 Å². The van der Waals surface area contributed by atoms with Crippen molar-refractivity contribution < 1.29 is 4.74 Å². The van der Waals surface area contributed by atoms with Crippen molar-refractivity contribution in [2.24, 2.45) is 40.9 Å². The van der Waals surface area contributed by atoms with E-state index in [4.69, 9.17) is 4.74 Å². The second-order valence-electron chi connectivity index (χ2n) is 13.1. The molecule has 0 amide bonds. The summed E-state index contributed by atoms with van der Waals surface area (Å²) in [5, 5.41) is 0. The summed E-state index contributed by atoms with van der Waals surface area (Å²) in [6, 6.07) is 0.622. The molecule has 0 aromatic rings. The van der Waals surface area contributed by atoms with E-state index < -0.39 is 0 Å². The number of piperidine rings is 1. The van der Waals surface area contributed by atoms with Crippen molar-refractivity contribution in [2.75, 3.05) is 6.54 Å². The van der Waals surface area contributed by atoms with Crippen LogP contribution >= 0.6 is 22.9 Å². The molecule has 1 spiro atoms. The molecular formula is C28H44INO. The summed E-state index contributed by atoms with van der Waals surface area (Å²) in [5.41, 5.74) is 4.39. The molecule has 2 heterocycles. The molecule has 6 aliphatic rings. The summed E-state index contributed by atoms with van der Waals surface area (Å²) in [6.45, 7) is 11.4. The van der Waals surface area contributed by atoms with Gasteiger partial charge in [-0.1, -0.05) is 44.8 Å². The lowest BCUT2D eigenvalue weighted by Gasteiger charge is -2.52. The van der Waals surface area contributed by atoms with Crippen LogP contribution < -0.4 is 0 Å². The molecule has 0 N–H and O–H groups in total. The molecule has 6 rings (SSSR count). The van der Waals surface area contributed by atoms with Crippen molar-refractivity contribution >= 4 is 22.9 Å². The largest absolute Gasteiger partial charge is 0.369 e. The molecule has 4 aliphatic carbocycles. The fourth-order valence-corrected chi connectivity index (χ4v) is 11.5. The summed E-state index contributed by atoms with van der Waals surface area (Å²) in [4.78, 5) is 0. The van der Waals surface area contributed by atoms with Gasteiger partial charge in [0.1, 0.15) is 0 Å². The zero-order valence-corrected chi connectivity index (χ0v) is 22.5. The molecule has 0 radical (unpaired) electrons. The van der Waals surface area contributed by atoms with Gasteiger partial charge in [-0.3, -0.25) is 0 Å². The molecule has 0 aromatic heterocycles. The van der Waals surface area contributed by atoms with Gasteiger partial charge in [-0.05, 0) is 99.7 Å². The molecule has 31 heavy (non-hydrogen) atoms. The molecule has 2 aliphatic heterocycles. The second-order valence-corrected chi connectivity index (χ2v) is 14.3.